The average Bonchev–Trinajstić information content (AvgIpc) is 3.11. The van der Waals surface area contributed by atoms with Crippen LogP contribution in [0.1, 0.15) is 25.3 Å². The van der Waals surface area contributed by atoms with E-state index in [0.717, 1.165) is 24.1 Å². The molecular weight excluding hydrogens is 374 g/mol. The smallest absolute Gasteiger partial charge is 0.321 e. The molecule has 3 rings (SSSR count). The summed E-state index contributed by atoms with van der Waals surface area (Å²) in [4.78, 5) is 13.9. The van der Waals surface area contributed by atoms with E-state index < -0.39 is 21.6 Å². The number of carbonyl (C=O) groups excluding carboxylic acids is 1. The maximum absolute atomic E-state index is 12.2. The number of ether oxygens (including phenoxy) is 1. The van der Waals surface area contributed by atoms with Gasteiger partial charge >= 0.3 is 5.97 Å². The number of nitrogens with zero attached hydrogens (tertiary/aromatic N) is 1. The van der Waals surface area contributed by atoms with Gasteiger partial charge in [-0.3, -0.25) is 4.79 Å². The Morgan fingerprint density at radius 2 is 1.68 bits per heavy atom. The molecule has 0 aliphatic carbocycles. The second kappa shape index (κ2) is 8.88. The highest BCUT2D eigenvalue weighted by molar-refractivity contribution is 7.92. The maximum Gasteiger partial charge on any atom is 0.321 e. The summed E-state index contributed by atoms with van der Waals surface area (Å²) in [6, 6.07) is 15.7. The van der Waals surface area contributed by atoms with Crippen molar-refractivity contribution in [3.05, 3.63) is 54.1 Å². The molecule has 1 aliphatic heterocycles. The van der Waals surface area contributed by atoms with E-state index in [2.05, 4.69) is 40.8 Å². The Morgan fingerprint density at radius 3 is 2.21 bits per heavy atom. The van der Waals surface area contributed by atoms with E-state index >= 15 is 0 Å². The Morgan fingerprint density at radius 1 is 1.07 bits per heavy atom. The van der Waals surface area contributed by atoms with Gasteiger partial charge in [0.2, 0.25) is 0 Å². The number of benzene rings is 2. The van der Waals surface area contributed by atoms with Crippen molar-refractivity contribution in [1.82, 2.24) is 4.90 Å². The Labute approximate surface area is 167 Å². The van der Waals surface area contributed by atoms with Crippen molar-refractivity contribution in [3.63, 3.8) is 0 Å². The summed E-state index contributed by atoms with van der Waals surface area (Å²) in [6.07, 6.45) is 3.63. The number of sulfone groups is 1. The molecular formula is C22H27NO4S. The van der Waals surface area contributed by atoms with E-state index in [-0.39, 0.29) is 4.90 Å². The van der Waals surface area contributed by atoms with Crippen LogP contribution in [0.25, 0.3) is 11.1 Å². The van der Waals surface area contributed by atoms with E-state index in [1.807, 2.05) is 0 Å². The number of carbonyl (C=O) groups is 1. The van der Waals surface area contributed by atoms with E-state index in [0.29, 0.717) is 6.04 Å². The van der Waals surface area contributed by atoms with Gasteiger partial charge in [0.25, 0.3) is 0 Å². The summed E-state index contributed by atoms with van der Waals surface area (Å²) < 4.78 is 28.8. The van der Waals surface area contributed by atoms with Gasteiger partial charge in [-0.15, -0.1) is 0 Å². The molecule has 0 N–H and O–H groups in total. The van der Waals surface area contributed by atoms with Crippen LogP contribution in [-0.4, -0.2) is 51.3 Å². The first-order valence-electron chi connectivity index (χ1n) is 9.62. The molecule has 6 heteroatoms. The summed E-state index contributed by atoms with van der Waals surface area (Å²) in [5.74, 6) is -1.41. The molecule has 0 bridgehead atoms. The van der Waals surface area contributed by atoms with Crippen molar-refractivity contribution in [2.45, 2.75) is 37.1 Å². The normalized spacial score (nSPS) is 17.6. The Kier molecular flexibility index (Phi) is 6.52. The molecule has 1 aliphatic rings. The third-order valence-electron chi connectivity index (χ3n) is 5.41. The van der Waals surface area contributed by atoms with Crippen molar-refractivity contribution in [3.8, 4) is 11.1 Å². The van der Waals surface area contributed by atoms with Gasteiger partial charge in [0.1, 0.15) is 0 Å². The fourth-order valence-electron chi connectivity index (χ4n) is 3.61. The van der Waals surface area contributed by atoms with Crippen LogP contribution in [0.3, 0.4) is 0 Å². The van der Waals surface area contributed by atoms with Gasteiger partial charge in [-0.25, -0.2) is 8.42 Å². The largest absolute Gasteiger partial charge is 0.468 e. The van der Waals surface area contributed by atoms with Gasteiger partial charge in [0.15, 0.2) is 15.6 Å². The Balaban J connectivity index is 1.64. The topological polar surface area (TPSA) is 63.7 Å². The van der Waals surface area contributed by atoms with Gasteiger partial charge in [0, 0.05) is 12.6 Å². The van der Waals surface area contributed by atoms with Gasteiger partial charge in [0.05, 0.1) is 12.0 Å². The molecule has 1 unspecified atom stereocenters. The minimum atomic E-state index is -3.68. The average molecular weight is 402 g/mol. The molecule has 2 aromatic rings. The molecule has 150 valence electrons. The van der Waals surface area contributed by atoms with Crippen molar-refractivity contribution in [2.75, 3.05) is 26.0 Å². The molecule has 0 radical (unpaired) electrons. The van der Waals surface area contributed by atoms with Crippen molar-refractivity contribution < 1.29 is 17.9 Å². The lowest BCUT2D eigenvalue weighted by Crippen LogP contribution is -2.28. The summed E-state index contributed by atoms with van der Waals surface area (Å²) in [5.41, 5.74) is 3.28. The van der Waals surface area contributed by atoms with Gasteiger partial charge in [-0.1, -0.05) is 36.4 Å². The number of hydrogen-bond donors (Lipinski definition) is 0. The monoisotopic (exact) mass is 401 g/mol. The van der Waals surface area contributed by atoms with Gasteiger partial charge in [-0.05, 0) is 61.6 Å². The van der Waals surface area contributed by atoms with Crippen LogP contribution in [0.15, 0.2) is 53.4 Å². The molecule has 1 fully saturated rings. The first-order valence-corrected chi connectivity index (χ1v) is 11.3. The Hall–Kier alpha value is -2.18. The summed E-state index contributed by atoms with van der Waals surface area (Å²) >= 11 is 0. The SMILES string of the molecule is COC(=O)CS(=O)(=O)c1ccc(-c2ccc(CCN3CCCC3C)cc2)cc1. The minimum Gasteiger partial charge on any atom is -0.468 e. The van der Waals surface area contributed by atoms with E-state index in [9.17, 15) is 13.2 Å². The van der Waals surface area contributed by atoms with E-state index in [1.165, 1.54) is 44.2 Å². The highest BCUT2D eigenvalue weighted by Gasteiger charge is 2.20. The summed E-state index contributed by atoms with van der Waals surface area (Å²) in [6.45, 7) is 4.59. The lowest BCUT2D eigenvalue weighted by molar-refractivity contribution is -0.137. The van der Waals surface area contributed by atoms with Crippen LogP contribution < -0.4 is 0 Å². The molecule has 0 spiro atoms. The fraction of sp³-hybridized carbons (Fsp3) is 0.409. The van der Waals surface area contributed by atoms with Crippen LogP contribution in [0.2, 0.25) is 0 Å². The molecule has 0 aromatic heterocycles. The van der Waals surface area contributed by atoms with E-state index in [1.54, 1.807) is 12.1 Å². The summed E-state index contributed by atoms with van der Waals surface area (Å²) in [5, 5.41) is 0. The van der Waals surface area contributed by atoms with Crippen molar-refractivity contribution >= 4 is 15.8 Å². The number of methoxy groups -OCH3 is 1. The Bertz CT molecular complexity index is 905. The molecule has 5 nitrogen and oxygen atoms in total. The second-order valence-corrected chi connectivity index (χ2v) is 9.32. The molecule has 2 aromatic carbocycles. The number of hydrogen-bond acceptors (Lipinski definition) is 5. The molecule has 28 heavy (non-hydrogen) atoms. The predicted octanol–water partition coefficient (Wildman–Crippen LogP) is 3.33. The zero-order valence-electron chi connectivity index (χ0n) is 16.4. The number of esters is 1. The lowest BCUT2D eigenvalue weighted by atomic mass is 10.0. The third-order valence-corrected chi connectivity index (χ3v) is 7.02. The quantitative estimate of drug-likeness (QED) is 0.666. The predicted molar refractivity (Wildman–Crippen MR) is 110 cm³/mol. The van der Waals surface area contributed by atoms with Crippen LogP contribution in [0, 0.1) is 0 Å². The van der Waals surface area contributed by atoms with E-state index in [4.69, 9.17) is 0 Å². The number of rotatable bonds is 7. The molecule has 1 heterocycles. The highest BCUT2D eigenvalue weighted by atomic mass is 32.2. The molecule has 1 saturated heterocycles. The lowest BCUT2D eigenvalue weighted by Gasteiger charge is -2.20. The van der Waals surface area contributed by atoms with Crippen LogP contribution in [0.4, 0.5) is 0 Å². The van der Waals surface area contributed by atoms with Crippen LogP contribution in [-0.2, 0) is 25.8 Å². The summed E-state index contributed by atoms with van der Waals surface area (Å²) in [7, 11) is -2.50. The van der Waals surface area contributed by atoms with Gasteiger partial charge in [-0.2, -0.15) is 0 Å². The van der Waals surface area contributed by atoms with Crippen LogP contribution >= 0.6 is 0 Å². The third kappa shape index (κ3) is 5.00. The van der Waals surface area contributed by atoms with Crippen molar-refractivity contribution in [2.24, 2.45) is 0 Å². The molecule has 0 amide bonds. The van der Waals surface area contributed by atoms with Gasteiger partial charge < -0.3 is 9.64 Å². The first kappa shape index (κ1) is 20.6. The fourth-order valence-corrected chi connectivity index (χ4v) is 4.76. The minimum absolute atomic E-state index is 0.123. The zero-order valence-corrected chi connectivity index (χ0v) is 17.2. The standard InChI is InChI=1S/C22H27NO4S/c1-17-4-3-14-23(17)15-13-18-5-7-19(8-6-18)20-9-11-21(12-10-20)28(25,26)16-22(24)27-2/h5-12,17H,3-4,13-16H2,1-2H3. The van der Waals surface area contributed by atoms with Crippen molar-refractivity contribution in [1.29, 1.82) is 0 Å². The second-order valence-electron chi connectivity index (χ2n) is 7.33. The highest BCUT2D eigenvalue weighted by Crippen LogP contribution is 2.23. The number of likely N-dealkylation sites (tertiary alicyclic amines) is 1. The molecule has 1 atom stereocenters. The molecule has 0 saturated carbocycles. The van der Waals surface area contributed by atoms with Crippen LogP contribution in [0.5, 0.6) is 0 Å². The zero-order chi connectivity index (χ0) is 20.1. The maximum atomic E-state index is 12.2. The first-order chi connectivity index (χ1) is 13.4.